The molecule has 2 rings (SSSR count). The van der Waals surface area contributed by atoms with Gasteiger partial charge in [-0.05, 0) is 31.4 Å². The van der Waals surface area contributed by atoms with Gasteiger partial charge in [0.2, 0.25) is 10.0 Å². The third-order valence-corrected chi connectivity index (χ3v) is 4.82. The first-order valence-electron chi connectivity index (χ1n) is 6.16. The van der Waals surface area contributed by atoms with Crippen molar-refractivity contribution in [2.75, 3.05) is 0 Å². The Balaban J connectivity index is 2.07. The number of sulfonamides is 1. The summed E-state index contributed by atoms with van der Waals surface area (Å²) < 4.78 is 26.9. The summed E-state index contributed by atoms with van der Waals surface area (Å²) in [6, 6.07) is 2.92. The molecule has 0 aromatic carbocycles. The largest absolute Gasteiger partial charge is 0.388 e. The molecule has 3 N–H and O–H groups in total. The van der Waals surface area contributed by atoms with Crippen molar-refractivity contribution < 1.29 is 8.42 Å². The minimum atomic E-state index is -3.52. The van der Waals surface area contributed by atoms with Gasteiger partial charge >= 0.3 is 0 Å². The van der Waals surface area contributed by atoms with Crippen LogP contribution in [0.5, 0.6) is 0 Å². The second kappa shape index (κ2) is 5.52. The predicted molar refractivity (Wildman–Crippen MR) is 77.2 cm³/mol. The Kier molecular flexibility index (Phi) is 4.17. The van der Waals surface area contributed by atoms with Crippen LogP contribution in [0, 0.1) is 5.92 Å². The lowest BCUT2D eigenvalue weighted by atomic mass is 10.2. The lowest BCUT2D eigenvalue weighted by Crippen LogP contribution is -2.33. The molecule has 7 heteroatoms. The van der Waals surface area contributed by atoms with E-state index < -0.39 is 10.0 Å². The summed E-state index contributed by atoms with van der Waals surface area (Å²) in [6.45, 7) is 1.88. The number of pyridine rings is 1. The Morgan fingerprint density at radius 2 is 2.26 bits per heavy atom. The highest BCUT2D eigenvalue weighted by atomic mass is 32.2. The molecular formula is C12H17N3O2S2. The number of aromatic nitrogens is 1. The number of hydrogen-bond acceptors (Lipinski definition) is 4. The number of thiocarbonyl (C=S) groups is 1. The van der Waals surface area contributed by atoms with Crippen LogP contribution in [0.25, 0.3) is 0 Å². The maximum absolute atomic E-state index is 12.1. The Labute approximate surface area is 118 Å². The molecule has 0 saturated heterocycles. The van der Waals surface area contributed by atoms with Gasteiger partial charge in [-0.25, -0.2) is 13.1 Å². The van der Waals surface area contributed by atoms with Gasteiger partial charge in [0.05, 0.1) is 5.69 Å². The quantitative estimate of drug-likeness (QED) is 0.771. The molecule has 1 unspecified atom stereocenters. The SMILES string of the molecule is CC(CC1CC1)NS(=O)(=O)c1ccc(C(N)=S)nc1. The van der Waals surface area contributed by atoms with Gasteiger partial charge in [-0.3, -0.25) is 4.98 Å². The van der Waals surface area contributed by atoms with E-state index in [9.17, 15) is 8.42 Å². The van der Waals surface area contributed by atoms with E-state index in [4.69, 9.17) is 18.0 Å². The minimum Gasteiger partial charge on any atom is -0.388 e. The van der Waals surface area contributed by atoms with Crippen molar-refractivity contribution >= 4 is 27.2 Å². The summed E-state index contributed by atoms with van der Waals surface area (Å²) in [4.78, 5) is 4.23. The molecule has 0 radical (unpaired) electrons. The monoisotopic (exact) mass is 299 g/mol. The molecule has 1 aliphatic carbocycles. The summed E-state index contributed by atoms with van der Waals surface area (Å²) in [5, 5.41) is 0. The zero-order valence-corrected chi connectivity index (χ0v) is 12.3. The summed E-state index contributed by atoms with van der Waals surface area (Å²) in [7, 11) is -3.52. The van der Waals surface area contributed by atoms with Gasteiger partial charge in [0.15, 0.2) is 0 Å². The molecule has 19 heavy (non-hydrogen) atoms. The summed E-state index contributed by atoms with van der Waals surface area (Å²) in [5.41, 5.74) is 5.84. The Hall–Kier alpha value is -1.05. The van der Waals surface area contributed by atoms with E-state index in [1.807, 2.05) is 6.92 Å². The molecule has 0 bridgehead atoms. The fourth-order valence-electron chi connectivity index (χ4n) is 1.92. The van der Waals surface area contributed by atoms with E-state index in [0.29, 0.717) is 11.6 Å². The normalized spacial score (nSPS) is 17.1. The van der Waals surface area contributed by atoms with Crippen LogP contribution in [0.3, 0.4) is 0 Å². The lowest BCUT2D eigenvalue weighted by Gasteiger charge is -2.13. The highest BCUT2D eigenvalue weighted by Gasteiger charge is 2.26. The molecule has 0 spiro atoms. The first-order valence-corrected chi connectivity index (χ1v) is 8.06. The van der Waals surface area contributed by atoms with Crippen molar-refractivity contribution in [2.45, 2.75) is 37.1 Å². The van der Waals surface area contributed by atoms with Crippen LogP contribution < -0.4 is 10.5 Å². The summed E-state index contributed by atoms with van der Waals surface area (Å²) >= 11 is 4.77. The standard InChI is InChI=1S/C12H17N3O2S2/c1-8(6-9-2-3-9)15-19(16,17)10-4-5-11(12(13)18)14-7-10/h4-5,7-9,15H,2-3,6H2,1H3,(H2,13,18). The van der Waals surface area contributed by atoms with E-state index in [2.05, 4.69) is 9.71 Å². The molecular weight excluding hydrogens is 282 g/mol. The van der Waals surface area contributed by atoms with E-state index in [0.717, 1.165) is 6.42 Å². The highest BCUT2D eigenvalue weighted by molar-refractivity contribution is 7.89. The number of hydrogen-bond donors (Lipinski definition) is 2. The molecule has 1 atom stereocenters. The third kappa shape index (κ3) is 3.95. The van der Waals surface area contributed by atoms with Crippen LogP contribution in [0.2, 0.25) is 0 Å². The zero-order valence-electron chi connectivity index (χ0n) is 10.7. The molecule has 104 valence electrons. The summed E-state index contributed by atoms with van der Waals surface area (Å²) in [5.74, 6) is 0.674. The van der Waals surface area contributed by atoms with Crippen molar-refractivity contribution in [2.24, 2.45) is 11.7 Å². The average Bonchev–Trinajstić information content (AvgIpc) is 3.12. The van der Waals surface area contributed by atoms with Crippen LogP contribution in [0.4, 0.5) is 0 Å². The Morgan fingerprint density at radius 3 is 2.74 bits per heavy atom. The number of rotatable bonds is 6. The van der Waals surface area contributed by atoms with Crippen molar-refractivity contribution in [3.63, 3.8) is 0 Å². The molecule has 1 fully saturated rings. The number of nitrogens with zero attached hydrogens (tertiary/aromatic N) is 1. The molecule has 0 amide bonds. The van der Waals surface area contributed by atoms with E-state index in [1.165, 1.54) is 31.2 Å². The molecule has 1 aromatic heterocycles. The van der Waals surface area contributed by atoms with Crippen molar-refractivity contribution in [1.82, 2.24) is 9.71 Å². The van der Waals surface area contributed by atoms with Gasteiger partial charge in [0.25, 0.3) is 0 Å². The molecule has 1 heterocycles. The van der Waals surface area contributed by atoms with Gasteiger partial charge in [-0.15, -0.1) is 0 Å². The van der Waals surface area contributed by atoms with Crippen molar-refractivity contribution in [3.05, 3.63) is 24.0 Å². The fourth-order valence-corrected chi connectivity index (χ4v) is 3.24. The topological polar surface area (TPSA) is 85.1 Å². The highest BCUT2D eigenvalue weighted by Crippen LogP contribution is 2.33. The van der Waals surface area contributed by atoms with Crippen molar-refractivity contribution in [1.29, 1.82) is 0 Å². The maximum atomic E-state index is 12.1. The van der Waals surface area contributed by atoms with E-state index in [1.54, 1.807) is 0 Å². The summed E-state index contributed by atoms with van der Waals surface area (Å²) in [6.07, 6.45) is 4.57. The van der Waals surface area contributed by atoms with E-state index in [-0.39, 0.29) is 15.9 Å². The fraction of sp³-hybridized carbons (Fsp3) is 0.500. The third-order valence-electron chi connectivity index (χ3n) is 3.04. The first kappa shape index (κ1) is 14.4. The van der Waals surface area contributed by atoms with Gasteiger partial charge in [-0.1, -0.05) is 25.1 Å². The van der Waals surface area contributed by atoms with Crippen LogP contribution in [-0.2, 0) is 10.0 Å². The Morgan fingerprint density at radius 1 is 1.58 bits per heavy atom. The molecule has 5 nitrogen and oxygen atoms in total. The molecule has 1 saturated carbocycles. The second-order valence-corrected chi connectivity index (χ2v) is 7.10. The zero-order chi connectivity index (χ0) is 14.0. The first-order chi connectivity index (χ1) is 8.88. The van der Waals surface area contributed by atoms with Gasteiger partial charge in [-0.2, -0.15) is 0 Å². The maximum Gasteiger partial charge on any atom is 0.242 e. The smallest absolute Gasteiger partial charge is 0.242 e. The van der Waals surface area contributed by atoms with Crippen LogP contribution in [-0.4, -0.2) is 24.4 Å². The molecule has 1 aromatic rings. The van der Waals surface area contributed by atoms with Crippen LogP contribution in [0.1, 0.15) is 31.9 Å². The van der Waals surface area contributed by atoms with Gasteiger partial charge in [0, 0.05) is 12.2 Å². The minimum absolute atomic E-state index is 0.0623. The predicted octanol–water partition coefficient (Wildman–Crippen LogP) is 1.18. The second-order valence-electron chi connectivity index (χ2n) is 4.94. The van der Waals surface area contributed by atoms with Gasteiger partial charge < -0.3 is 5.73 Å². The van der Waals surface area contributed by atoms with E-state index >= 15 is 0 Å². The van der Waals surface area contributed by atoms with Gasteiger partial charge in [0.1, 0.15) is 9.88 Å². The van der Waals surface area contributed by atoms with Crippen LogP contribution in [0.15, 0.2) is 23.2 Å². The lowest BCUT2D eigenvalue weighted by molar-refractivity contribution is 0.529. The van der Waals surface area contributed by atoms with Crippen LogP contribution >= 0.6 is 12.2 Å². The molecule has 0 aliphatic heterocycles. The number of nitrogens with two attached hydrogens (primary N) is 1. The van der Waals surface area contributed by atoms with Crippen molar-refractivity contribution in [3.8, 4) is 0 Å². The number of nitrogens with one attached hydrogen (secondary N) is 1. The average molecular weight is 299 g/mol. The molecule has 1 aliphatic rings. The Bertz CT molecular complexity index is 565.